The third-order valence-electron chi connectivity index (χ3n) is 1.93. The van der Waals surface area contributed by atoms with Crippen LogP contribution in [0.15, 0.2) is 30.5 Å². The van der Waals surface area contributed by atoms with Crippen molar-refractivity contribution in [1.29, 1.82) is 0 Å². The summed E-state index contributed by atoms with van der Waals surface area (Å²) in [6.07, 6.45) is 1.52. The van der Waals surface area contributed by atoms with Crippen LogP contribution in [0.3, 0.4) is 0 Å². The average Bonchev–Trinajstić information content (AvgIpc) is 2.74. The molecule has 1 aromatic carbocycles. The molecule has 16 heavy (non-hydrogen) atoms. The molecule has 0 spiro atoms. The van der Waals surface area contributed by atoms with Crippen LogP contribution < -0.4 is 5.32 Å². The second-order valence-corrected chi connectivity index (χ2v) is 4.22. The molecule has 0 bridgehead atoms. The van der Waals surface area contributed by atoms with Crippen molar-refractivity contribution in [3.8, 4) is 0 Å². The van der Waals surface area contributed by atoms with E-state index in [1.54, 1.807) is 18.2 Å². The lowest BCUT2D eigenvalue weighted by atomic mass is 10.2. The predicted octanol–water partition coefficient (Wildman–Crippen LogP) is 2.41. The number of nitrogens with one attached hydrogen (secondary N) is 2. The molecule has 82 valence electrons. The van der Waals surface area contributed by atoms with Gasteiger partial charge in [0.1, 0.15) is 11.6 Å². The van der Waals surface area contributed by atoms with Crippen molar-refractivity contribution in [3.05, 3.63) is 45.4 Å². The number of anilines is 1. The van der Waals surface area contributed by atoms with Gasteiger partial charge in [-0.25, -0.2) is 4.39 Å². The first-order chi connectivity index (χ1) is 7.66. The van der Waals surface area contributed by atoms with Gasteiger partial charge in [-0.2, -0.15) is 5.10 Å². The second kappa shape index (κ2) is 4.60. The van der Waals surface area contributed by atoms with E-state index in [1.807, 2.05) is 22.6 Å². The molecule has 6 heteroatoms. The number of halogens is 2. The van der Waals surface area contributed by atoms with E-state index < -0.39 is 5.82 Å². The maximum Gasteiger partial charge on any atom is 0.256 e. The van der Waals surface area contributed by atoms with E-state index in [1.165, 1.54) is 12.3 Å². The lowest BCUT2D eigenvalue weighted by Gasteiger charge is -2.03. The Morgan fingerprint density at radius 1 is 1.44 bits per heavy atom. The quantitative estimate of drug-likeness (QED) is 0.831. The van der Waals surface area contributed by atoms with Crippen LogP contribution in [-0.2, 0) is 0 Å². The van der Waals surface area contributed by atoms with Gasteiger partial charge in [-0.15, -0.1) is 0 Å². The number of nitrogens with zero attached hydrogens (tertiary/aromatic N) is 1. The minimum absolute atomic E-state index is 0.271. The predicted molar refractivity (Wildman–Crippen MR) is 65.7 cm³/mol. The summed E-state index contributed by atoms with van der Waals surface area (Å²) in [5.74, 6) is -0.304. The maximum absolute atomic E-state index is 13.2. The minimum atomic E-state index is -0.405. The van der Waals surface area contributed by atoms with E-state index in [0.29, 0.717) is 9.39 Å². The largest absolute Gasteiger partial charge is 0.307 e. The summed E-state index contributed by atoms with van der Waals surface area (Å²) in [7, 11) is 0. The number of carbonyl (C=O) groups excluding carboxylic acids is 1. The molecule has 0 saturated heterocycles. The fourth-order valence-corrected chi connectivity index (χ4v) is 1.49. The number of benzene rings is 1. The van der Waals surface area contributed by atoms with Gasteiger partial charge < -0.3 is 5.32 Å². The molecule has 0 aliphatic heterocycles. The number of amides is 1. The van der Waals surface area contributed by atoms with Crippen molar-refractivity contribution >= 4 is 34.3 Å². The maximum atomic E-state index is 13.2. The standard InChI is InChI=1S/C10H7FIN3O/c11-7-5-6(1-2-8(7)12)10(16)14-9-3-4-13-15-9/h1-5H,(H2,13,14,15,16). The van der Waals surface area contributed by atoms with Gasteiger partial charge in [0.25, 0.3) is 5.91 Å². The van der Waals surface area contributed by atoms with Crippen molar-refractivity contribution in [2.24, 2.45) is 0 Å². The van der Waals surface area contributed by atoms with Crippen LogP contribution in [0.5, 0.6) is 0 Å². The highest BCUT2D eigenvalue weighted by atomic mass is 127. The van der Waals surface area contributed by atoms with Gasteiger partial charge in [-0.3, -0.25) is 9.89 Å². The molecule has 0 fully saturated rings. The van der Waals surface area contributed by atoms with E-state index in [4.69, 9.17) is 0 Å². The lowest BCUT2D eigenvalue weighted by molar-refractivity contribution is 0.102. The normalized spacial score (nSPS) is 10.1. The topological polar surface area (TPSA) is 57.8 Å². The molecular formula is C10H7FIN3O. The molecule has 0 radical (unpaired) electrons. The molecule has 0 aliphatic carbocycles. The van der Waals surface area contributed by atoms with Crippen LogP contribution in [-0.4, -0.2) is 16.1 Å². The van der Waals surface area contributed by atoms with E-state index in [-0.39, 0.29) is 11.5 Å². The number of rotatable bonds is 2. The zero-order chi connectivity index (χ0) is 11.5. The third kappa shape index (κ3) is 2.38. The van der Waals surface area contributed by atoms with Crippen molar-refractivity contribution in [2.75, 3.05) is 5.32 Å². The number of hydrogen-bond acceptors (Lipinski definition) is 2. The van der Waals surface area contributed by atoms with Crippen LogP contribution in [0, 0.1) is 9.39 Å². The van der Waals surface area contributed by atoms with E-state index in [9.17, 15) is 9.18 Å². The molecule has 2 N–H and O–H groups in total. The Balaban J connectivity index is 2.18. The fraction of sp³-hybridized carbons (Fsp3) is 0. The fourth-order valence-electron chi connectivity index (χ4n) is 1.16. The zero-order valence-corrected chi connectivity index (χ0v) is 10.2. The first-order valence-electron chi connectivity index (χ1n) is 4.42. The number of aromatic amines is 1. The van der Waals surface area contributed by atoms with Crippen LogP contribution in [0.4, 0.5) is 10.2 Å². The summed E-state index contributed by atoms with van der Waals surface area (Å²) in [6.45, 7) is 0. The van der Waals surface area contributed by atoms with Gasteiger partial charge in [0.05, 0.1) is 6.20 Å². The molecule has 2 aromatic rings. The average molecular weight is 331 g/mol. The molecule has 1 aromatic heterocycles. The van der Waals surface area contributed by atoms with Crippen molar-refractivity contribution in [2.45, 2.75) is 0 Å². The Morgan fingerprint density at radius 3 is 2.88 bits per heavy atom. The molecule has 0 unspecified atom stereocenters. The minimum Gasteiger partial charge on any atom is -0.307 e. The molecule has 2 rings (SSSR count). The highest BCUT2D eigenvalue weighted by Crippen LogP contribution is 2.13. The number of hydrogen-bond donors (Lipinski definition) is 2. The van der Waals surface area contributed by atoms with E-state index in [0.717, 1.165) is 0 Å². The Morgan fingerprint density at radius 2 is 2.25 bits per heavy atom. The lowest BCUT2D eigenvalue weighted by Crippen LogP contribution is -2.12. The monoisotopic (exact) mass is 331 g/mol. The second-order valence-electron chi connectivity index (χ2n) is 3.05. The van der Waals surface area contributed by atoms with Crippen molar-refractivity contribution < 1.29 is 9.18 Å². The summed E-state index contributed by atoms with van der Waals surface area (Å²) in [5, 5.41) is 8.83. The Hall–Kier alpha value is -1.44. The van der Waals surface area contributed by atoms with Gasteiger partial charge in [0.2, 0.25) is 0 Å². The van der Waals surface area contributed by atoms with Crippen molar-refractivity contribution in [1.82, 2.24) is 10.2 Å². The highest BCUT2D eigenvalue weighted by molar-refractivity contribution is 14.1. The molecular weight excluding hydrogens is 324 g/mol. The molecule has 1 heterocycles. The molecule has 1 amide bonds. The van der Waals surface area contributed by atoms with Gasteiger partial charge in [0, 0.05) is 15.2 Å². The SMILES string of the molecule is O=C(Nc1ccn[nH]1)c1ccc(I)c(F)c1. The highest BCUT2D eigenvalue weighted by Gasteiger charge is 2.09. The molecule has 0 aliphatic rings. The van der Waals surface area contributed by atoms with Gasteiger partial charge in [-0.05, 0) is 40.8 Å². The summed E-state index contributed by atoms with van der Waals surface area (Å²) < 4.78 is 13.7. The molecule has 4 nitrogen and oxygen atoms in total. The van der Waals surface area contributed by atoms with E-state index in [2.05, 4.69) is 15.5 Å². The first-order valence-corrected chi connectivity index (χ1v) is 5.50. The zero-order valence-electron chi connectivity index (χ0n) is 8.00. The molecule has 0 saturated carbocycles. The van der Waals surface area contributed by atoms with Gasteiger partial charge >= 0.3 is 0 Å². The van der Waals surface area contributed by atoms with Crippen LogP contribution in [0.1, 0.15) is 10.4 Å². The van der Waals surface area contributed by atoms with Gasteiger partial charge in [0.15, 0.2) is 0 Å². The molecule has 0 atom stereocenters. The smallest absolute Gasteiger partial charge is 0.256 e. The number of aromatic nitrogens is 2. The third-order valence-corrected chi connectivity index (χ3v) is 2.81. The Kier molecular flexibility index (Phi) is 3.18. The Bertz CT molecular complexity index is 513. The summed E-state index contributed by atoms with van der Waals surface area (Å²) in [6, 6.07) is 5.93. The van der Waals surface area contributed by atoms with E-state index >= 15 is 0 Å². The number of H-pyrrole nitrogens is 1. The van der Waals surface area contributed by atoms with Crippen LogP contribution >= 0.6 is 22.6 Å². The summed E-state index contributed by atoms with van der Waals surface area (Å²) in [4.78, 5) is 11.6. The van der Waals surface area contributed by atoms with Gasteiger partial charge in [-0.1, -0.05) is 0 Å². The summed E-state index contributed by atoms with van der Waals surface area (Å²) >= 11 is 1.86. The van der Waals surface area contributed by atoms with Crippen LogP contribution in [0.2, 0.25) is 0 Å². The number of carbonyl (C=O) groups is 1. The summed E-state index contributed by atoms with van der Waals surface area (Å²) in [5.41, 5.74) is 0.271. The van der Waals surface area contributed by atoms with Crippen LogP contribution in [0.25, 0.3) is 0 Å². The van der Waals surface area contributed by atoms with Crippen molar-refractivity contribution in [3.63, 3.8) is 0 Å². The first kappa shape index (κ1) is 11.1. The Labute approximate surface area is 104 Å².